The molecule has 1 aliphatic heterocycles. The molecule has 8 heteroatoms. The molecule has 1 aliphatic carbocycles. The van der Waals surface area contributed by atoms with E-state index >= 15 is 0 Å². The van der Waals surface area contributed by atoms with Crippen LogP contribution >= 0.6 is 0 Å². The summed E-state index contributed by atoms with van der Waals surface area (Å²) >= 11 is 0. The lowest BCUT2D eigenvalue weighted by Crippen LogP contribution is -2.39. The number of likely N-dealkylation sites (tertiary alicyclic amines) is 1. The van der Waals surface area contributed by atoms with E-state index in [4.69, 9.17) is 5.11 Å². The second-order valence-corrected chi connectivity index (χ2v) is 8.17. The van der Waals surface area contributed by atoms with E-state index in [1.807, 2.05) is 0 Å². The molecule has 2 unspecified atom stereocenters. The quantitative estimate of drug-likeness (QED) is 0.820. The summed E-state index contributed by atoms with van der Waals surface area (Å²) in [4.78, 5) is 24.7. The molecule has 2 atom stereocenters. The first kappa shape index (κ1) is 16.9. The van der Waals surface area contributed by atoms with Gasteiger partial charge >= 0.3 is 5.97 Å². The van der Waals surface area contributed by atoms with Gasteiger partial charge in [0.2, 0.25) is 15.9 Å². The topological polar surface area (TPSA) is 104 Å². The smallest absolute Gasteiger partial charge is 0.335 e. The Hall–Kier alpha value is -1.93. The summed E-state index contributed by atoms with van der Waals surface area (Å²) in [5, 5.41) is 8.83. The van der Waals surface area contributed by atoms with Crippen molar-refractivity contribution in [3.05, 3.63) is 29.8 Å². The SMILES string of the molecule is O=C(O)c1ccc(S(=O)(=O)NCC(=O)N2CC3CCCC3C2)cc1. The van der Waals surface area contributed by atoms with Crippen LogP contribution in [0.2, 0.25) is 0 Å². The molecule has 1 aromatic rings. The number of nitrogens with zero attached hydrogens (tertiary/aromatic N) is 1. The zero-order chi connectivity index (χ0) is 17.3. The molecule has 0 spiro atoms. The molecule has 130 valence electrons. The number of amides is 1. The van der Waals surface area contributed by atoms with Crippen molar-refractivity contribution in [1.29, 1.82) is 0 Å². The number of fused-ring (bicyclic) bond motifs is 1. The number of carbonyl (C=O) groups is 2. The molecule has 3 rings (SSSR count). The van der Waals surface area contributed by atoms with Crippen LogP contribution in [0.25, 0.3) is 0 Å². The minimum absolute atomic E-state index is 0.00799. The van der Waals surface area contributed by atoms with Gasteiger partial charge in [0, 0.05) is 13.1 Å². The highest BCUT2D eigenvalue weighted by Gasteiger charge is 2.37. The normalized spacial score (nSPS) is 23.2. The van der Waals surface area contributed by atoms with Gasteiger partial charge in [-0.15, -0.1) is 0 Å². The van der Waals surface area contributed by atoms with Crippen LogP contribution < -0.4 is 4.72 Å². The standard InChI is InChI=1S/C16H20N2O5S/c19-15(18-9-12-2-1-3-13(12)10-18)8-17-24(22,23)14-6-4-11(5-7-14)16(20)21/h4-7,12-13,17H,1-3,8-10H2,(H,20,21). The van der Waals surface area contributed by atoms with E-state index in [2.05, 4.69) is 4.72 Å². The Morgan fingerprint density at radius 1 is 1.12 bits per heavy atom. The second kappa shape index (κ2) is 6.52. The van der Waals surface area contributed by atoms with E-state index in [0.29, 0.717) is 11.8 Å². The molecule has 1 saturated heterocycles. The number of rotatable bonds is 5. The maximum atomic E-state index is 12.2. The third kappa shape index (κ3) is 3.44. The van der Waals surface area contributed by atoms with Crippen molar-refractivity contribution < 1.29 is 23.1 Å². The van der Waals surface area contributed by atoms with Gasteiger partial charge in [0.15, 0.2) is 0 Å². The van der Waals surface area contributed by atoms with E-state index in [9.17, 15) is 18.0 Å². The van der Waals surface area contributed by atoms with E-state index in [0.717, 1.165) is 25.9 Å². The average molecular weight is 352 g/mol. The number of sulfonamides is 1. The molecule has 0 bridgehead atoms. The fourth-order valence-electron chi connectivity index (χ4n) is 3.57. The van der Waals surface area contributed by atoms with Crippen molar-refractivity contribution in [2.24, 2.45) is 11.8 Å². The van der Waals surface area contributed by atoms with Gasteiger partial charge in [0.05, 0.1) is 17.0 Å². The van der Waals surface area contributed by atoms with Gasteiger partial charge in [-0.2, -0.15) is 0 Å². The molecule has 2 fully saturated rings. The van der Waals surface area contributed by atoms with Gasteiger partial charge < -0.3 is 10.0 Å². The lowest BCUT2D eigenvalue weighted by atomic mass is 10.0. The predicted molar refractivity (Wildman–Crippen MR) is 86.0 cm³/mol. The molecule has 7 nitrogen and oxygen atoms in total. The lowest BCUT2D eigenvalue weighted by Gasteiger charge is -2.17. The van der Waals surface area contributed by atoms with Crippen molar-refractivity contribution >= 4 is 21.9 Å². The Morgan fingerprint density at radius 3 is 2.25 bits per heavy atom. The zero-order valence-corrected chi connectivity index (χ0v) is 14.0. The maximum absolute atomic E-state index is 12.2. The summed E-state index contributed by atoms with van der Waals surface area (Å²) in [7, 11) is -3.84. The molecule has 0 radical (unpaired) electrons. The number of aromatic carboxylic acids is 1. The summed E-state index contributed by atoms with van der Waals surface area (Å²) in [5.74, 6) is -0.208. The van der Waals surface area contributed by atoms with Crippen LogP contribution in [0.4, 0.5) is 0 Å². The van der Waals surface area contributed by atoms with Crippen molar-refractivity contribution in [3.8, 4) is 0 Å². The molecule has 1 amide bonds. The van der Waals surface area contributed by atoms with Crippen LogP contribution in [0.15, 0.2) is 29.2 Å². The van der Waals surface area contributed by atoms with Crippen molar-refractivity contribution in [1.82, 2.24) is 9.62 Å². The molecule has 1 saturated carbocycles. The Morgan fingerprint density at radius 2 is 1.71 bits per heavy atom. The Labute approximate surface area is 140 Å². The monoisotopic (exact) mass is 352 g/mol. The number of hydrogen-bond acceptors (Lipinski definition) is 4. The molecule has 1 aromatic carbocycles. The fraction of sp³-hybridized carbons (Fsp3) is 0.500. The van der Waals surface area contributed by atoms with E-state index < -0.39 is 16.0 Å². The van der Waals surface area contributed by atoms with Crippen LogP contribution in [0, 0.1) is 11.8 Å². The summed E-state index contributed by atoms with van der Waals surface area (Å²) in [6.07, 6.45) is 3.52. The highest BCUT2D eigenvalue weighted by molar-refractivity contribution is 7.89. The average Bonchev–Trinajstić information content (AvgIpc) is 3.14. The van der Waals surface area contributed by atoms with Crippen LogP contribution in [0.1, 0.15) is 29.6 Å². The number of benzene rings is 1. The lowest BCUT2D eigenvalue weighted by molar-refractivity contribution is -0.129. The number of carboxylic acid groups (broad SMARTS) is 1. The Kier molecular flexibility index (Phi) is 4.60. The third-order valence-corrected chi connectivity index (χ3v) is 6.32. The fourth-order valence-corrected chi connectivity index (χ4v) is 4.54. The number of hydrogen-bond donors (Lipinski definition) is 2. The second-order valence-electron chi connectivity index (χ2n) is 6.40. The van der Waals surface area contributed by atoms with Crippen LogP contribution in [-0.4, -0.2) is 49.9 Å². The summed E-state index contributed by atoms with van der Waals surface area (Å²) in [6, 6.07) is 4.88. The molecule has 2 aliphatic rings. The van der Waals surface area contributed by atoms with E-state index in [1.54, 1.807) is 4.90 Å². The third-order valence-electron chi connectivity index (χ3n) is 4.90. The van der Waals surface area contributed by atoms with Crippen molar-refractivity contribution in [2.45, 2.75) is 24.2 Å². The van der Waals surface area contributed by atoms with Gasteiger partial charge in [-0.1, -0.05) is 6.42 Å². The summed E-state index contributed by atoms with van der Waals surface area (Å²) in [5.41, 5.74) is 0.00799. The molecule has 24 heavy (non-hydrogen) atoms. The van der Waals surface area contributed by atoms with E-state index in [1.165, 1.54) is 30.7 Å². The van der Waals surface area contributed by atoms with Crippen LogP contribution in [0.5, 0.6) is 0 Å². The Balaban J connectivity index is 1.58. The summed E-state index contributed by atoms with van der Waals surface area (Å²) in [6.45, 7) is 1.17. The highest BCUT2D eigenvalue weighted by Crippen LogP contribution is 2.37. The van der Waals surface area contributed by atoms with Gasteiger partial charge in [-0.05, 0) is 48.9 Å². The first-order valence-corrected chi connectivity index (χ1v) is 9.46. The first-order chi connectivity index (χ1) is 11.4. The maximum Gasteiger partial charge on any atom is 0.335 e. The number of nitrogens with one attached hydrogen (secondary N) is 1. The number of carbonyl (C=O) groups excluding carboxylic acids is 1. The number of carboxylic acids is 1. The van der Waals surface area contributed by atoms with Crippen molar-refractivity contribution in [3.63, 3.8) is 0 Å². The zero-order valence-electron chi connectivity index (χ0n) is 13.1. The molecule has 1 heterocycles. The predicted octanol–water partition coefficient (Wildman–Crippen LogP) is 0.922. The first-order valence-electron chi connectivity index (χ1n) is 7.97. The molecule has 2 N–H and O–H groups in total. The van der Waals surface area contributed by atoms with Gasteiger partial charge in [-0.3, -0.25) is 4.79 Å². The molecular formula is C16H20N2O5S. The minimum Gasteiger partial charge on any atom is -0.478 e. The van der Waals surface area contributed by atoms with Gasteiger partial charge in [-0.25, -0.2) is 17.9 Å². The molecule has 0 aromatic heterocycles. The van der Waals surface area contributed by atoms with Crippen LogP contribution in [-0.2, 0) is 14.8 Å². The minimum atomic E-state index is -3.84. The Bertz CT molecular complexity index is 732. The van der Waals surface area contributed by atoms with Gasteiger partial charge in [0.1, 0.15) is 0 Å². The van der Waals surface area contributed by atoms with E-state index in [-0.39, 0.29) is 22.9 Å². The molecular weight excluding hydrogens is 332 g/mol. The summed E-state index contributed by atoms with van der Waals surface area (Å²) < 4.78 is 26.7. The van der Waals surface area contributed by atoms with Gasteiger partial charge in [0.25, 0.3) is 0 Å². The van der Waals surface area contributed by atoms with Crippen molar-refractivity contribution in [2.75, 3.05) is 19.6 Å². The van der Waals surface area contributed by atoms with Crippen LogP contribution in [0.3, 0.4) is 0 Å². The largest absolute Gasteiger partial charge is 0.478 e. The highest BCUT2D eigenvalue weighted by atomic mass is 32.2.